The summed E-state index contributed by atoms with van der Waals surface area (Å²) >= 11 is 7.03. The molecule has 7 heteroatoms. The van der Waals surface area contributed by atoms with Crippen LogP contribution in [-0.2, 0) is 13.0 Å². The molecule has 0 spiro atoms. The van der Waals surface area contributed by atoms with E-state index in [1.54, 1.807) is 14.2 Å². The van der Waals surface area contributed by atoms with Gasteiger partial charge in [0.25, 0.3) is 0 Å². The van der Waals surface area contributed by atoms with E-state index in [9.17, 15) is 0 Å². The fourth-order valence-electron chi connectivity index (χ4n) is 2.19. The first-order valence-corrected chi connectivity index (χ1v) is 7.93. The second-order valence-corrected chi connectivity index (χ2v) is 5.76. The van der Waals surface area contributed by atoms with Gasteiger partial charge in [0.2, 0.25) is 0 Å². The van der Waals surface area contributed by atoms with Gasteiger partial charge in [-0.25, -0.2) is 0 Å². The quantitative estimate of drug-likeness (QED) is 0.764. The van der Waals surface area contributed by atoms with Crippen LogP contribution in [0.5, 0.6) is 11.5 Å². The lowest BCUT2D eigenvalue weighted by Gasteiger charge is -2.14. The molecule has 1 aromatic carbocycles. The average molecular weight is 350 g/mol. The van der Waals surface area contributed by atoms with Crippen molar-refractivity contribution in [3.8, 4) is 17.6 Å². The molecule has 1 N–H and O–H groups in total. The molecule has 5 nitrogen and oxygen atoms in total. The highest BCUT2D eigenvalue weighted by atomic mass is 35.5. The number of nitrogens with zero attached hydrogens (tertiary/aromatic N) is 2. The van der Waals surface area contributed by atoms with Crippen molar-refractivity contribution in [1.29, 1.82) is 5.26 Å². The van der Waals surface area contributed by atoms with Crippen LogP contribution in [0, 0.1) is 11.3 Å². The van der Waals surface area contributed by atoms with Crippen LogP contribution in [0.2, 0.25) is 5.15 Å². The van der Waals surface area contributed by atoms with Crippen LogP contribution in [0.1, 0.15) is 16.7 Å². The van der Waals surface area contributed by atoms with Crippen molar-refractivity contribution in [3.05, 3.63) is 46.6 Å². The van der Waals surface area contributed by atoms with Crippen LogP contribution >= 0.6 is 23.1 Å². The highest BCUT2D eigenvalue weighted by molar-refractivity contribution is 7.10. The zero-order valence-corrected chi connectivity index (χ0v) is 14.4. The van der Waals surface area contributed by atoms with Crippen molar-refractivity contribution in [2.75, 3.05) is 19.5 Å². The monoisotopic (exact) mass is 349 g/mol. The van der Waals surface area contributed by atoms with Gasteiger partial charge in [0.1, 0.15) is 16.6 Å². The van der Waals surface area contributed by atoms with Crippen molar-refractivity contribution in [2.24, 2.45) is 0 Å². The summed E-state index contributed by atoms with van der Waals surface area (Å²) in [5.74, 6) is 1.36. The zero-order chi connectivity index (χ0) is 16.8. The fourth-order valence-corrected chi connectivity index (χ4v) is 3.12. The lowest BCUT2D eigenvalue weighted by atomic mass is 10.1. The summed E-state index contributed by atoms with van der Waals surface area (Å²) < 4.78 is 14.8. The maximum absolute atomic E-state index is 9.09. The van der Waals surface area contributed by atoms with Crippen LogP contribution in [0.4, 0.5) is 5.00 Å². The first kappa shape index (κ1) is 17.1. The molecule has 0 unspecified atom stereocenters. The van der Waals surface area contributed by atoms with Crippen LogP contribution in [0.3, 0.4) is 0 Å². The Kier molecular flexibility index (Phi) is 5.85. The number of aromatic nitrogens is 1. The van der Waals surface area contributed by atoms with E-state index in [4.69, 9.17) is 26.3 Å². The van der Waals surface area contributed by atoms with E-state index in [-0.39, 0.29) is 5.15 Å². The number of hydrogen-bond donors (Lipinski definition) is 1. The lowest BCUT2D eigenvalue weighted by molar-refractivity contribution is 0.352. The van der Waals surface area contributed by atoms with Crippen molar-refractivity contribution < 1.29 is 9.47 Å². The van der Waals surface area contributed by atoms with Crippen molar-refractivity contribution >= 4 is 28.1 Å². The van der Waals surface area contributed by atoms with Gasteiger partial charge in [-0.1, -0.05) is 17.7 Å². The highest BCUT2D eigenvalue weighted by Gasteiger charge is 2.14. The molecule has 0 bridgehead atoms. The number of ether oxygens (including phenoxy) is 2. The Hall–Kier alpha value is -2.23. The predicted molar refractivity (Wildman–Crippen MR) is 92.6 cm³/mol. The Balaban J connectivity index is 2.27. The van der Waals surface area contributed by atoms with Crippen LogP contribution in [0.25, 0.3) is 0 Å². The first-order valence-electron chi connectivity index (χ1n) is 6.78. The summed E-state index contributed by atoms with van der Waals surface area (Å²) in [6, 6.07) is 5.96. The lowest BCUT2D eigenvalue weighted by Crippen LogP contribution is -2.03. The fraction of sp³-hybridized carbons (Fsp3) is 0.250. The minimum Gasteiger partial charge on any atom is -0.493 e. The normalized spacial score (nSPS) is 10.0. The number of methoxy groups -OCH3 is 2. The van der Waals surface area contributed by atoms with Gasteiger partial charge in [0.05, 0.1) is 14.2 Å². The Morgan fingerprint density at radius 2 is 2.22 bits per heavy atom. The molecule has 0 aliphatic rings. The number of nitriles is 1. The molecule has 0 aliphatic carbocycles. The third kappa shape index (κ3) is 3.76. The zero-order valence-electron chi connectivity index (χ0n) is 12.9. The summed E-state index contributed by atoms with van der Waals surface area (Å²) in [6.07, 6.45) is 2.48. The van der Waals surface area contributed by atoms with Crippen molar-refractivity contribution in [1.82, 2.24) is 4.37 Å². The molecule has 0 amide bonds. The van der Waals surface area contributed by atoms with E-state index < -0.39 is 0 Å². The minimum absolute atomic E-state index is 0.222. The van der Waals surface area contributed by atoms with Gasteiger partial charge in [0.15, 0.2) is 16.7 Å². The molecule has 0 radical (unpaired) electrons. The van der Waals surface area contributed by atoms with E-state index in [0.29, 0.717) is 35.0 Å². The van der Waals surface area contributed by atoms with Gasteiger partial charge in [-0.05, 0) is 35.6 Å². The second-order valence-electron chi connectivity index (χ2n) is 4.63. The summed E-state index contributed by atoms with van der Waals surface area (Å²) in [4.78, 5) is 0. The summed E-state index contributed by atoms with van der Waals surface area (Å²) in [5, 5.41) is 13.2. The number of rotatable bonds is 7. The summed E-state index contributed by atoms with van der Waals surface area (Å²) in [7, 11) is 3.21. The molecule has 120 valence electrons. The van der Waals surface area contributed by atoms with Gasteiger partial charge < -0.3 is 14.8 Å². The Morgan fingerprint density at radius 3 is 2.83 bits per heavy atom. The van der Waals surface area contributed by atoms with E-state index in [1.165, 1.54) is 0 Å². The van der Waals surface area contributed by atoms with Gasteiger partial charge in [0, 0.05) is 12.1 Å². The predicted octanol–water partition coefficient (Wildman–Crippen LogP) is 4.03. The maximum atomic E-state index is 9.09. The van der Waals surface area contributed by atoms with Crippen LogP contribution in [0.15, 0.2) is 24.8 Å². The SMILES string of the molecule is C=CCc1cc(CNc2snc(Cl)c2C#N)cc(OC)c1OC. The highest BCUT2D eigenvalue weighted by Crippen LogP contribution is 2.34. The first-order chi connectivity index (χ1) is 11.1. The topological polar surface area (TPSA) is 67.2 Å². The maximum Gasteiger partial charge on any atom is 0.164 e. The van der Waals surface area contributed by atoms with Gasteiger partial charge in [-0.2, -0.15) is 9.64 Å². The van der Waals surface area contributed by atoms with E-state index >= 15 is 0 Å². The third-order valence-electron chi connectivity index (χ3n) is 3.20. The minimum atomic E-state index is 0.222. The molecule has 0 aliphatic heterocycles. The van der Waals surface area contributed by atoms with Crippen LogP contribution < -0.4 is 14.8 Å². The Labute approximate surface area is 144 Å². The molecular formula is C16H16ClN3O2S. The number of halogens is 1. The molecule has 1 heterocycles. The average Bonchev–Trinajstić information content (AvgIpc) is 2.92. The van der Waals surface area contributed by atoms with Crippen molar-refractivity contribution in [2.45, 2.75) is 13.0 Å². The molecule has 2 rings (SSSR count). The van der Waals surface area contributed by atoms with Crippen LogP contribution in [-0.4, -0.2) is 18.6 Å². The number of hydrogen-bond acceptors (Lipinski definition) is 6. The van der Waals surface area contributed by atoms with E-state index in [2.05, 4.69) is 16.3 Å². The molecule has 23 heavy (non-hydrogen) atoms. The standard InChI is InChI=1S/C16H16ClN3O2S/c1-4-5-11-6-10(7-13(21-2)14(11)22-3)9-19-16-12(8-18)15(17)20-23-16/h4,6-7,19H,1,5,9H2,2-3H3. The van der Waals surface area contributed by atoms with Gasteiger partial charge in [-0.15, -0.1) is 6.58 Å². The van der Waals surface area contributed by atoms with Crippen molar-refractivity contribution in [3.63, 3.8) is 0 Å². The van der Waals surface area contributed by atoms with Gasteiger partial charge >= 0.3 is 0 Å². The summed E-state index contributed by atoms with van der Waals surface area (Å²) in [5.41, 5.74) is 2.35. The van der Waals surface area contributed by atoms with Gasteiger partial charge in [-0.3, -0.25) is 0 Å². The number of benzene rings is 1. The number of anilines is 1. The second kappa shape index (κ2) is 7.86. The third-order valence-corrected chi connectivity index (χ3v) is 4.37. The molecule has 0 fully saturated rings. The smallest absolute Gasteiger partial charge is 0.164 e. The number of allylic oxidation sites excluding steroid dienone is 1. The molecule has 0 saturated heterocycles. The molecule has 2 aromatic rings. The molecular weight excluding hydrogens is 334 g/mol. The number of nitrogens with one attached hydrogen (secondary N) is 1. The molecule has 0 saturated carbocycles. The Morgan fingerprint density at radius 1 is 1.43 bits per heavy atom. The van der Waals surface area contributed by atoms with E-state index in [1.807, 2.05) is 24.3 Å². The summed E-state index contributed by atoms with van der Waals surface area (Å²) in [6.45, 7) is 4.28. The molecule has 0 atom stereocenters. The van der Waals surface area contributed by atoms with E-state index in [0.717, 1.165) is 22.7 Å². The largest absolute Gasteiger partial charge is 0.493 e. The Bertz CT molecular complexity index is 753. The molecule has 1 aromatic heterocycles.